The molecule has 9 aliphatic heterocycles. The van der Waals surface area contributed by atoms with Gasteiger partial charge in [0.05, 0.1) is 78.2 Å². The van der Waals surface area contributed by atoms with Crippen LogP contribution >= 0.6 is 0 Å². The van der Waals surface area contributed by atoms with Gasteiger partial charge in [-0.15, -0.1) is 0 Å². The minimum Gasteiger partial charge on any atom is -0.394 e. The average molecular weight is 1870 g/mol. The normalized spacial score (nSPS) is 45.2. The van der Waals surface area contributed by atoms with Crippen molar-refractivity contribution in [2.24, 2.45) is 0 Å². The second-order valence-corrected chi connectivity index (χ2v) is 32.2. The van der Waals surface area contributed by atoms with Gasteiger partial charge in [-0.3, -0.25) is 28.8 Å². The quantitative estimate of drug-likeness (QED) is 0.0275. The monoisotopic (exact) mass is 1870 g/mol. The molecule has 0 spiro atoms. The standard InChI is InChI=1S/C72H122N6O50/c1-18-40(95)52(107)53(108)69(112-18)128-63-62(127-66-36(75-21(4)90)48(103)43(98)28(11-82)114-66)45(100)30(13-84)116-72(63)124-59-33(16-87)119-68(39(51(59)106)78-24(7)93)126-61-46(101)34(120-71(55(61)110)123-58-32(15-86)118-67(38(50(58)105)77-23(6)92)121-56(41(96)26(94)9-80)25(8-79)73-19(2)88)17-111-64-37(76-22(5)91)49(104)57(31(14-85)117-64)122-70-54(109)60(44(99)29(12-83)115-70)125-65-35(74-20(3)89)47(102)42(97)27(10-81)113-65/h18,25-72,79-87,94-110H,8-17H2,1-7H3,(H,73,88)(H,74,89)(H,75,90)(H,76,91)(H,77,92)(H,78,93)/t18-,25-,26+,27+,28+,29+,30+,31+,32+,33+,34+,35+,36+,37+,38+,39+,40+,41-,42-,43-,44-,45-,46-,47+,48+,49+,50+,51+,52+,53-,54+,55+,56+,57+,58+,59+,60-,61-,62-,63+,64+,65+,66-,67-,68-,69-,70-,71-,72-/m0/s1. The molecule has 9 rings (SSSR count). The molecule has 9 heterocycles. The van der Waals surface area contributed by atoms with Crippen LogP contribution in [0.1, 0.15) is 48.5 Å². The van der Waals surface area contributed by atoms with E-state index < -0.39 is 402 Å². The van der Waals surface area contributed by atoms with Gasteiger partial charge in [0.25, 0.3) is 0 Å². The molecule has 9 aliphatic rings. The smallest absolute Gasteiger partial charge is 0.217 e. The lowest BCUT2D eigenvalue weighted by atomic mass is 9.93. The summed E-state index contributed by atoms with van der Waals surface area (Å²) in [7, 11) is 0. The Labute approximate surface area is 727 Å². The van der Waals surface area contributed by atoms with Crippen molar-refractivity contribution in [2.75, 3.05) is 66.1 Å². The van der Waals surface area contributed by atoms with Gasteiger partial charge in [0.1, 0.15) is 232 Å². The first-order valence-corrected chi connectivity index (χ1v) is 40.9. The van der Waals surface area contributed by atoms with Crippen LogP contribution in [0.2, 0.25) is 0 Å². The Hall–Kier alpha value is -4.94. The Kier molecular flexibility index (Phi) is 39.6. The summed E-state index contributed by atoms with van der Waals surface area (Å²) in [5.74, 6) is -5.57. The molecular weight excluding hydrogens is 1750 g/mol. The minimum absolute atomic E-state index is 0.815. The molecule has 0 bridgehead atoms. The minimum atomic E-state index is -2.59. The van der Waals surface area contributed by atoms with E-state index in [4.69, 9.17) is 85.3 Å². The molecule has 0 aromatic carbocycles. The maximum Gasteiger partial charge on any atom is 0.217 e. The predicted octanol–water partition coefficient (Wildman–Crippen LogP) is -21.3. The van der Waals surface area contributed by atoms with Crippen molar-refractivity contribution >= 4 is 35.4 Å². The molecule has 0 saturated carbocycles. The first-order chi connectivity index (χ1) is 60.5. The first-order valence-electron chi connectivity index (χ1n) is 40.9. The fraction of sp³-hybridized carbons (Fsp3) is 0.917. The molecule has 128 heavy (non-hydrogen) atoms. The van der Waals surface area contributed by atoms with Crippen LogP contribution in [0.4, 0.5) is 0 Å². The SMILES string of the molecule is CC(=O)N[C@H]1[C@H](OC[C@H]2O[C@@H](O[C@H]3[C@H](O)[C@@H](NC(C)=O)[C@H](O[C@@H]([C@@H](O)[C@H](O)CO)[C@H](CO)NC(C)=O)O[C@@H]3CO)[C@H](O)[C@@H](O[C@@H]3O[C@H](CO)[C@@H](O[C@@H]4O[C@H](CO)[C@H](O)[C@H](O[C@@H]5O[C@H](CO)[C@H](O)[C@H](O)[C@H]5NC(C)=O)[C@H]4O[C@@H]4O[C@@H](C)[C@@H](O)[C@@H](O)[C@@H]4O)[C@H](O)[C@H]3NC(C)=O)[C@H]2O)O[C@H](CO)[C@@H](O[C@@H]2O[C@H](CO)[C@H](O)[C@H](O[C@H]3O[C@H](CO)[C@H](O)[C@H](O)[C@H]3NC(C)=O)[C@H]2O)[C@@H]1O. The Morgan fingerprint density at radius 3 is 0.984 bits per heavy atom. The third-order valence-corrected chi connectivity index (χ3v) is 22.9. The van der Waals surface area contributed by atoms with Crippen LogP contribution in [0, 0.1) is 0 Å². The van der Waals surface area contributed by atoms with Crippen LogP contribution in [0.5, 0.6) is 0 Å². The van der Waals surface area contributed by atoms with Gasteiger partial charge < -0.3 is 250 Å². The number of carbonyl (C=O) groups excluding carboxylic acids is 6. The van der Waals surface area contributed by atoms with Gasteiger partial charge >= 0.3 is 0 Å². The second-order valence-electron chi connectivity index (χ2n) is 32.2. The van der Waals surface area contributed by atoms with Crippen molar-refractivity contribution in [3.8, 4) is 0 Å². The largest absolute Gasteiger partial charge is 0.394 e. The Bertz CT molecular complexity index is 3500. The molecule has 9 fully saturated rings. The van der Waals surface area contributed by atoms with Crippen LogP contribution in [-0.2, 0) is 114 Å². The molecule has 32 N–H and O–H groups in total. The summed E-state index contributed by atoms with van der Waals surface area (Å²) in [6, 6.07) is -11.3. The zero-order chi connectivity index (χ0) is 94.8. The topological polar surface area (TPSA) is 867 Å². The summed E-state index contributed by atoms with van der Waals surface area (Å²) in [5, 5.41) is 306. The second kappa shape index (κ2) is 47.5. The summed E-state index contributed by atoms with van der Waals surface area (Å²) in [5.41, 5.74) is 0. The molecule has 0 aliphatic carbocycles. The summed E-state index contributed by atoms with van der Waals surface area (Å²) < 4.78 is 109. The van der Waals surface area contributed by atoms with E-state index in [1.165, 1.54) is 6.92 Å². The zero-order valence-corrected chi connectivity index (χ0v) is 69.8. The molecule has 740 valence electrons. The third-order valence-electron chi connectivity index (χ3n) is 22.9. The summed E-state index contributed by atoms with van der Waals surface area (Å²) in [6.07, 6.45) is -90.3. The van der Waals surface area contributed by atoms with Crippen LogP contribution in [0.15, 0.2) is 0 Å². The third kappa shape index (κ3) is 24.7. The number of nitrogens with one attached hydrogen (secondary N) is 6. The molecule has 0 unspecified atom stereocenters. The molecule has 0 aromatic heterocycles. The van der Waals surface area contributed by atoms with Crippen molar-refractivity contribution in [3.05, 3.63) is 0 Å². The highest BCUT2D eigenvalue weighted by molar-refractivity contribution is 5.75. The van der Waals surface area contributed by atoms with E-state index >= 15 is 0 Å². The summed E-state index contributed by atoms with van der Waals surface area (Å²) in [4.78, 5) is 77.1. The van der Waals surface area contributed by atoms with E-state index in [1.54, 1.807) is 0 Å². The van der Waals surface area contributed by atoms with Crippen molar-refractivity contribution in [1.29, 1.82) is 0 Å². The van der Waals surface area contributed by atoms with Crippen molar-refractivity contribution in [1.82, 2.24) is 31.9 Å². The Morgan fingerprint density at radius 2 is 0.586 bits per heavy atom. The lowest BCUT2D eigenvalue weighted by Crippen LogP contribution is -2.71. The first kappa shape index (κ1) is 107. The number of aliphatic hydroxyl groups excluding tert-OH is 26. The molecule has 9 saturated heterocycles. The van der Waals surface area contributed by atoms with E-state index in [1.807, 2.05) is 0 Å². The Balaban J connectivity index is 1.06. The van der Waals surface area contributed by atoms with Gasteiger partial charge in [0.15, 0.2) is 56.6 Å². The number of rotatable bonds is 37. The van der Waals surface area contributed by atoms with Gasteiger partial charge in [0.2, 0.25) is 35.4 Å². The number of aliphatic hydroxyl groups is 26. The molecular formula is C72H122N6O50. The van der Waals surface area contributed by atoms with Crippen LogP contribution < -0.4 is 31.9 Å². The lowest BCUT2D eigenvalue weighted by molar-refractivity contribution is -0.402. The van der Waals surface area contributed by atoms with Gasteiger partial charge in [-0.25, -0.2) is 0 Å². The van der Waals surface area contributed by atoms with Crippen molar-refractivity contribution in [2.45, 2.75) is 349 Å². The van der Waals surface area contributed by atoms with E-state index in [0.717, 1.165) is 41.5 Å². The van der Waals surface area contributed by atoms with E-state index in [-0.39, 0.29) is 0 Å². The Morgan fingerprint density at radius 1 is 0.281 bits per heavy atom. The maximum atomic E-state index is 13.5. The van der Waals surface area contributed by atoms with E-state index in [2.05, 4.69) is 31.9 Å². The lowest BCUT2D eigenvalue weighted by Gasteiger charge is -2.52. The molecule has 0 aromatic rings. The maximum absolute atomic E-state index is 13.5. The number of carbonyl (C=O) groups is 6. The predicted molar refractivity (Wildman–Crippen MR) is 400 cm³/mol. The summed E-state index contributed by atoms with van der Waals surface area (Å²) >= 11 is 0. The van der Waals surface area contributed by atoms with E-state index in [0.29, 0.717) is 0 Å². The van der Waals surface area contributed by atoms with Crippen LogP contribution in [0.3, 0.4) is 0 Å². The molecule has 56 heteroatoms. The molecule has 0 radical (unpaired) electrons. The number of amides is 6. The fourth-order valence-electron chi connectivity index (χ4n) is 16.3. The van der Waals surface area contributed by atoms with Crippen molar-refractivity contribution in [3.63, 3.8) is 0 Å². The van der Waals surface area contributed by atoms with Gasteiger partial charge in [0, 0.05) is 41.5 Å². The molecule has 49 atom stereocenters. The highest BCUT2D eigenvalue weighted by atomic mass is 16.8. The molecule has 6 amide bonds. The molecule has 56 nitrogen and oxygen atoms in total. The van der Waals surface area contributed by atoms with Gasteiger partial charge in [-0.1, -0.05) is 0 Å². The number of ether oxygens (including phenoxy) is 18. The zero-order valence-electron chi connectivity index (χ0n) is 69.8. The number of hydrogen-bond donors (Lipinski definition) is 32. The van der Waals surface area contributed by atoms with E-state index in [9.17, 15) is 162 Å². The highest BCUT2D eigenvalue weighted by Crippen LogP contribution is 2.41. The van der Waals surface area contributed by atoms with Gasteiger partial charge in [-0.05, 0) is 6.92 Å². The average Bonchev–Trinajstić information content (AvgIpc) is 0.767. The fourth-order valence-corrected chi connectivity index (χ4v) is 16.3. The highest BCUT2D eigenvalue weighted by Gasteiger charge is 2.62. The van der Waals surface area contributed by atoms with Crippen LogP contribution in [-0.4, -0.2) is 535 Å². The van der Waals surface area contributed by atoms with Crippen LogP contribution in [0.25, 0.3) is 0 Å². The van der Waals surface area contributed by atoms with Gasteiger partial charge in [-0.2, -0.15) is 0 Å². The number of hydrogen-bond acceptors (Lipinski definition) is 50. The van der Waals surface area contributed by atoms with Crippen molar-refractivity contribution < 1.29 is 247 Å². The summed E-state index contributed by atoms with van der Waals surface area (Å²) in [6.45, 7) is -4.52.